The number of thioether (sulfide) groups is 1. The molecule has 0 bridgehead atoms. The van der Waals surface area contributed by atoms with Gasteiger partial charge in [-0.25, -0.2) is 0 Å². The third-order valence-electron chi connectivity index (χ3n) is 14.8. The number of benzene rings is 1. The smallest absolute Gasteiger partial charge is 0.274 e. The van der Waals surface area contributed by atoms with E-state index in [2.05, 4.69) is 35.6 Å². The van der Waals surface area contributed by atoms with Crippen molar-refractivity contribution >= 4 is 65.0 Å². The van der Waals surface area contributed by atoms with Gasteiger partial charge in [0.15, 0.2) is 11.5 Å². The first-order valence-corrected chi connectivity index (χ1v) is 28.7. The second-order valence-corrected chi connectivity index (χ2v) is 21.2. The van der Waals surface area contributed by atoms with Crippen LogP contribution in [0.25, 0.3) is 6.08 Å². The van der Waals surface area contributed by atoms with Crippen LogP contribution in [0.1, 0.15) is 94.6 Å². The van der Waals surface area contributed by atoms with E-state index in [9.17, 15) is 33.6 Å². The Kier molecular flexibility index (Phi) is 23.1. The first kappa shape index (κ1) is 58.9. The summed E-state index contributed by atoms with van der Waals surface area (Å²) in [5.41, 5.74) is 1.79. The Balaban J connectivity index is 0.581. The molecule has 0 saturated carbocycles. The van der Waals surface area contributed by atoms with Crippen molar-refractivity contribution < 1.29 is 57.2 Å². The fraction of sp³-hybridized carbons (Fsp3) is 0.571. The predicted octanol–water partition coefficient (Wildman–Crippen LogP) is 3.11. The van der Waals surface area contributed by atoms with Crippen molar-refractivity contribution in [3.8, 4) is 0 Å². The van der Waals surface area contributed by atoms with E-state index in [1.165, 1.54) is 17.8 Å². The molecule has 4 saturated heterocycles. The molecule has 23 heteroatoms. The first-order chi connectivity index (χ1) is 38.6. The minimum atomic E-state index is -1.01. The van der Waals surface area contributed by atoms with Gasteiger partial charge < -0.3 is 43.7 Å². The summed E-state index contributed by atoms with van der Waals surface area (Å²) < 4.78 is 28.0. The summed E-state index contributed by atoms with van der Waals surface area (Å²) in [7, 11) is 0. The van der Waals surface area contributed by atoms with Crippen molar-refractivity contribution in [3.63, 3.8) is 0 Å². The second kappa shape index (κ2) is 31.0. The van der Waals surface area contributed by atoms with Crippen LogP contribution in [0.3, 0.4) is 0 Å². The standard InChI is InChI=1S/C56H74N10O12S/c67-49(13-9-42-6-4-19-57-39-42)58-20-2-1-5-41-15-21-65(22-16-41)55(72)45-10-12-48(61-60-45)63-23-17-43(18-24-63)62-25-27-64(28-26-62)51(69)40-78-36-35-76-32-31-74-29-30-75-33-34-77-37-38-79-47-8-3-7-44-52(47)56(73)66(54(44)71)46-11-14-50(68)59-53(46)70/h3-4,6-10,12-13,19,39,41,43,46H,1-2,5,11,14-18,20-38,40H2,(H,58,67)(H,59,68,70)/b13-9+. The van der Waals surface area contributed by atoms with Crippen molar-refractivity contribution in [1.82, 2.24) is 45.4 Å². The number of aromatic nitrogens is 3. The highest BCUT2D eigenvalue weighted by Crippen LogP contribution is 2.34. The van der Waals surface area contributed by atoms with Crippen molar-refractivity contribution in [3.05, 3.63) is 83.3 Å². The molecular weight excluding hydrogens is 1040 g/mol. The maximum Gasteiger partial charge on any atom is 0.274 e. The fourth-order valence-electron chi connectivity index (χ4n) is 10.4. The van der Waals surface area contributed by atoms with E-state index in [0.29, 0.717) is 120 Å². The Hall–Kier alpha value is -6.21. The van der Waals surface area contributed by atoms with Crippen LogP contribution in [0, 0.1) is 5.92 Å². The van der Waals surface area contributed by atoms with Gasteiger partial charge in [-0.1, -0.05) is 25.0 Å². The van der Waals surface area contributed by atoms with Crippen LogP contribution in [-0.4, -0.2) is 219 Å². The molecule has 7 amide bonds. The lowest BCUT2D eigenvalue weighted by Crippen LogP contribution is -2.55. The zero-order valence-corrected chi connectivity index (χ0v) is 45.8. The average Bonchev–Trinajstić information content (AvgIpc) is 3.97. The van der Waals surface area contributed by atoms with Crippen molar-refractivity contribution in [2.45, 2.75) is 74.8 Å². The van der Waals surface area contributed by atoms with Gasteiger partial charge in [0.05, 0.1) is 70.6 Å². The number of ether oxygens (including phenoxy) is 5. The monoisotopic (exact) mass is 1110 g/mol. The number of nitrogens with zero attached hydrogens (tertiary/aromatic N) is 8. The van der Waals surface area contributed by atoms with E-state index >= 15 is 0 Å². The number of unbranched alkanes of at least 4 members (excludes halogenated alkanes) is 1. The van der Waals surface area contributed by atoms with Crippen LogP contribution in [-0.2, 0) is 42.9 Å². The highest BCUT2D eigenvalue weighted by molar-refractivity contribution is 7.99. The van der Waals surface area contributed by atoms with Gasteiger partial charge in [0.25, 0.3) is 17.7 Å². The molecule has 0 spiro atoms. The minimum absolute atomic E-state index is 0.0160. The van der Waals surface area contributed by atoms with Crippen LogP contribution in [0.4, 0.5) is 5.82 Å². The summed E-state index contributed by atoms with van der Waals surface area (Å²) in [6.45, 7) is 10.2. The molecule has 3 aromatic rings. The molecule has 7 heterocycles. The van der Waals surface area contributed by atoms with Gasteiger partial charge in [0.2, 0.25) is 23.6 Å². The minimum Gasteiger partial charge on any atom is -0.378 e. The summed E-state index contributed by atoms with van der Waals surface area (Å²) in [5, 5.41) is 14.0. The van der Waals surface area contributed by atoms with Gasteiger partial charge in [-0.3, -0.25) is 53.7 Å². The van der Waals surface area contributed by atoms with Crippen molar-refractivity contribution in [1.29, 1.82) is 0 Å². The molecule has 2 aromatic heterocycles. The number of hydrogen-bond donors (Lipinski definition) is 2. The van der Waals surface area contributed by atoms with Gasteiger partial charge in [0.1, 0.15) is 12.6 Å². The number of likely N-dealkylation sites (tertiary alicyclic amines) is 1. The average molecular weight is 1110 g/mol. The molecule has 1 atom stereocenters. The van der Waals surface area contributed by atoms with Crippen molar-refractivity contribution in [2.75, 3.05) is 136 Å². The van der Waals surface area contributed by atoms with Gasteiger partial charge in [-0.2, -0.15) is 0 Å². The molecule has 2 N–H and O–H groups in total. The van der Waals surface area contributed by atoms with Crippen molar-refractivity contribution in [2.24, 2.45) is 5.92 Å². The molecular formula is C56H74N10O12S. The molecule has 22 nitrogen and oxygen atoms in total. The van der Waals surface area contributed by atoms with Crippen LogP contribution < -0.4 is 15.5 Å². The molecule has 5 aliphatic rings. The first-order valence-electron chi connectivity index (χ1n) is 27.7. The highest BCUT2D eigenvalue weighted by Gasteiger charge is 2.45. The van der Waals surface area contributed by atoms with Gasteiger partial charge in [-0.05, 0) is 86.4 Å². The zero-order chi connectivity index (χ0) is 55.2. The van der Waals surface area contributed by atoms with Gasteiger partial charge in [-0.15, -0.1) is 22.0 Å². The molecule has 426 valence electrons. The molecule has 1 unspecified atom stereocenters. The molecule has 4 fully saturated rings. The van der Waals surface area contributed by atoms with Crippen LogP contribution in [0.15, 0.2) is 65.8 Å². The maximum absolute atomic E-state index is 13.3. The maximum atomic E-state index is 13.3. The number of piperazine rings is 1. The quantitative estimate of drug-likeness (QED) is 0.0439. The summed E-state index contributed by atoms with van der Waals surface area (Å²) in [6.07, 6.45) is 13.8. The number of carbonyl (C=O) groups is 7. The zero-order valence-electron chi connectivity index (χ0n) is 45.0. The van der Waals surface area contributed by atoms with E-state index in [-0.39, 0.29) is 48.3 Å². The summed E-state index contributed by atoms with van der Waals surface area (Å²) >= 11 is 1.39. The SMILES string of the molecule is O=C(/C=C/c1cccnc1)NCCCCC1CCN(C(=O)c2ccc(N3CCC(N4CCN(C(=O)COCCOCCOCCOCCOCCSc5cccc6c5C(=O)N(C5CCC(=O)NC5=O)C6=O)CC4)CC3)nn2)CC1. The number of carbonyl (C=O) groups excluding carboxylic acids is 7. The Morgan fingerprint density at radius 2 is 1.42 bits per heavy atom. The number of rotatable bonds is 29. The summed E-state index contributed by atoms with van der Waals surface area (Å²) in [6, 6.07) is 11.9. The number of pyridine rings is 1. The van der Waals surface area contributed by atoms with Crippen LogP contribution in [0.2, 0.25) is 0 Å². The fourth-order valence-corrected chi connectivity index (χ4v) is 11.3. The van der Waals surface area contributed by atoms with Crippen LogP contribution >= 0.6 is 11.8 Å². The topological polar surface area (TPSA) is 245 Å². The molecule has 79 heavy (non-hydrogen) atoms. The number of amides is 7. The van der Waals surface area contributed by atoms with Crippen LogP contribution in [0.5, 0.6) is 0 Å². The molecule has 1 aromatic carbocycles. The van der Waals surface area contributed by atoms with E-state index in [0.717, 1.165) is 87.4 Å². The van der Waals surface area contributed by atoms with Gasteiger partial charge in [0, 0.05) is 100 Å². The molecule has 0 aliphatic carbocycles. The lowest BCUT2D eigenvalue weighted by atomic mass is 9.91. The van der Waals surface area contributed by atoms with E-state index in [1.807, 2.05) is 28.0 Å². The number of anilines is 1. The normalized spacial score (nSPS) is 18.7. The predicted molar refractivity (Wildman–Crippen MR) is 292 cm³/mol. The molecule has 8 rings (SSSR count). The highest BCUT2D eigenvalue weighted by atomic mass is 32.2. The van der Waals surface area contributed by atoms with E-state index in [4.69, 9.17) is 23.7 Å². The number of nitrogens with one attached hydrogen (secondary N) is 2. The van der Waals surface area contributed by atoms with Gasteiger partial charge >= 0.3 is 0 Å². The molecule has 0 radical (unpaired) electrons. The number of imide groups is 2. The number of fused-ring (bicyclic) bond motifs is 1. The largest absolute Gasteiger partial charge is 0.378 e. The van der Waals surface area contributed by atoms with E-state index < -0.39 is 29.7 Å². The van der Waals surface area contributed by atoms with E-state index in [1.54, 1.807) is 42.7 Å². The third kappa shape index (κ3) is 17.4. The molecule has 5 aliphatic heterocycles. The second-order valence-electron chi connectivity index (χ2n) is 20.0. The Labute approximate surface area is 465 Å². The number of hydrogen-bond acceptors (Lipinski definition) is 18. The lowest BCUT2D eigenvalue weighted by Gasteiger charge is -2.43. The Morgan fingerprint density at radius 3 is 2.09 bits per heavy atom. The Bertz CT molecular complexity index is 2540. The summed E-state index contributed by atoms with van der Waals surface area (Å²) in [4.78, 5) is 103. The lowest BCUT2D eigenvalue weighted by molar-refractivity contribution is -0.139. The third-order valence-corrected chi connectivity index (χ3v) is 15.8. The number of piperidine rings is 3. The Morgan fingerprint density at radius 1 is 0.709 bits per heavy atom. The summed E-state index contributed by atoms with van der Waals surface area (Å²) in [5.74, 6) is -0.404.